The molecule has 0 amide bonds. The van der Waals surface area contributed by atoms with Gasteiger partial charge in [-0.2, -0.15) is 0 Å². The van der Waals surface area contributed by atoms with Crippen LogP contribution in [0.4, 0.5) is 0 Å². The van der Waals surface area contributed by atoms with Crippen molar-refractivity contribution < 1.29 is 10.2 Å². The zero-order valence-corrected chi connectivity index (χ0v) is 14.6. The van der Waals surface area contributed by atoms with Crippen molar-refractivity contribution in [3.8, 4) is 0 Å². The zero-order chi connectivity index (χ0) is 16.5. The van der Waals surface area contributed by atoms with Crippen LogP contribution in [0.5, 0.6) is 0 Å². The Morgan fingerprint density at radius 3 is 2.23 bits per heavy atom. The van der Waals surface area contributed by atoms with Crippen LogP contribution in [0.2, 0.25) is 0 Å². The minimum atomic E-state index is -0.0207. The number of aliphatic hydroxyl groups excluding tert-OH is 2. The Morgan fingerprint density at radius 2 is 1.77 bits per heavy atom. The van der Waals surface area contributed by atoms with Crippen LogP contribution in [0.15, 0.2) is 35.4 Å². The molecule has 0 aliphatic heterocycles. The molecule has 2 N–H and O–H groups in total. The molecule has 122 valence electrons. The van der Waals surface area contributed by atoms with Crippen LogP contribution >= 0.6 is 11.8 Å². The van der Waals surface area contributed by atoms with Crippen molar-refractivity contribution in [1.29, 1.82) is 0 Å². The highest BCUT2D eigenvalue weighted by Crippen LogP contribution is 2.28. The molecular formula is C17H26N2O2S. The summed E-state index contributed by atoms with van der Waals surface area (Å²) in [4.78, 5) is 4.59. The van der Waals surface area contributed by atoms with Gasteiger partial charge in [-0.25, -0.2) is 4.98 Å². The lowest BCUT2D eigenvalue weighted by Crippen LogP contribution is -2.06. The first kappa shape index (κ1) is 18.7. The van der Waals surface area contributed by atoms with E-state index in [1.165, 1.54) is 5.56 Å². The first-order valence-corrected chi connectivity index (χ1v) is 8.70. The summed E-state index contributed by atoms with van der Waals surface area (Å²) >= 11 is 1.70. The van der Waals surface area contributed by atoms with E-state index in [0.717, 1.165) is 23.1 Å². The van der Waals surface area contributed by atoms with Crippen molar-refractivity contribution in [2.75, 3.05) is 12.9 Å². The van der Waals surface area contributed by atoms with Gasteiger partial charge in [-0.3, -0.25) is 0 Å². The quantitative estimate of drug-likeness (QED) is 0.830. The van der Waals surface area contributed by atoms with Gasteiger partial charge in [0.1, 0.15) is 12.4 Å². The molecule has 2 aromatic rings. The lowest BCUT2D eigenvalue weighted by atomic mass is 10.1. The average Bonchev–Trinajstić information content (AvgIpc) is 2.87. The van der Waals surface area contributed by atoms with Gasteiger partial charge in [-0.15, -0.1) is 11.8 Å². The number of imidazole rings is 1. The molecule has 22 heavy (non-hydrogen) atoms. The normalized spacial score (nSPS) is 10.5. The Bertz CT molecular complexity index is 553. The number of thioether (sulfide) groups is 1. The summed E-state index contributed by atoms with van der Waals surface area (Å²) in [5.74, 6) is 1.11. The van der Waals surface area contributed by atoms with E-state index in [9.17, 15) is 5.11 Å². The third-order valence-corrected chi connectivity index (χ3v) is 3.91. The van der Waals surface area contributed by atoms with Crippen molar-refractivity contribution >= 4 is 11.8 Å². The highest BCUT2D eigenvalue weighted by Gasteiger charge is 2.18. The molecule has 0 aliphatic carbocycles. The zero-order valence-electron chi connectivity index (χ0n) is 13.8. The van der Waals surface area contributed by atoms with Gasteiger partial charge in [0.05, 0.1) is 10.7 Å². The lowest BCUT2D eigenvalue weighted by Gasteiger charge is -2.11. The van der Waals surface area contributed by atoms with Gasteiger partial charge in [0, 0.05) is 13.2 Å². The Morgan fingerprint density at radius 1 is 1.18 bits per heavy atom. The number of hydrogen-bond donors (Lipinski definition) is 2. The van der Waals surface area contributed by atoms with Crippen LogP contribution < -0.4 is 0 Å². The smallest absolute Gasteiger partial charge is 0.136 e. The maximum absolute atomic E-state index is 9.52. The summed E-state index contributed by atoms with van der Waals surface area (Å²) in [6, 6.07) is 10.3. The van der Waals surface area contributed by atoms with Crippen LogP contribution in [0.25, 0.3) is 0 Å². The van der Waals surface area contributed by atoms with Crippen molar-refractivity contribution in [2.24, 2.45) is 0 Å². The van der Waals surface area contributed by atoms with E-state index < -0.39 is 0 Å². The molecule has 2 rings (SSSR count). The highest BCUT2D eigenvalue weighted by molar-refractivity contribution is 7.98. The summed E-state index contributed by atoms with van der Waals surface area (Å²) in [6.45, 7) is 6.94. The van der Waals surface area contributed by atoms with E-state index in [1.54, 1.807) is 18.7 Å². The monoisotopic (exact) mass is 322 g/mol. The Kier molecular flexibility index (Phi) is 8.24. The van der Waals surface area contributed by atoms with E-state index in [0.29, 0.717) is 5.92 Å². The molecule has 5 heteroatoms. The first-order chi connectivity index (χ1) is 10.6. The van der Waals surface area contributed by atoms with Gasteiger partial charge >= 0.3 is 0 Å². The minimum absolute atomic E-state index is 0.0207. The predicted octanol–water partition coefficient (Wildman–Crippen LogP) is 3.27. The molecule has 1 aromatic heterocycles. The molecule has 0 unspecified atom stereocenters. The van der Waals surface area contributed by atoms with E-state index in [1.807, 2.05) is 18.2 Å². The molecule has 1 heterocycles. The highest BCUT2D eigenvalue weighted by atomic mass is 32.2. The predicted molar refractivity (Wildman–Crippen MR) is 92.3 cm³/mol. The maximum Gasteiger partial charge on any atom is 0.136 e. The van der Waals surface area contributed by atoms with E-state index in [4.69, 9.17) is 5.11 Å². The molecule has 0 spiro atoms. The summed E-state index contributed by atoms with van der Waals surface area (Å²) in [6.07, 6.45) is 2.06. The summed E-state index contributed by atoms with van der Waals surface area (Å²) in [5.41, 5.74) is 2.30. The molecule has 0 saturated heterocycles. The van der Waals surface area contributed by atoms with Crippen molar-refractivity contribution in [2.45, 2.75) is 44.9 Å². The van der Waals surface area contributed by atoms with E-state index >= 15 is 0 Å². The number of hydrogen-bond acceptors (Lipinski definition) is 4. The van der Waals surface area contributed by atoms with Gasteiger partial charge in [-0.1, -0.05) is 44.2 Å². The van der Waals surface area contributed by atoms with Crippen LogP contribution in [-0.4, -0.2) is 32.6 Å². The molecule has 0 saturated carbocycles. The Hall–Kier alpha value is -1.30. The van der Waals surface area contributed by atoms with Crippen LogP contribution in [0.1, 0.15) is 43.8 Å². The molecular weight excluding hydrogens is 296 g/mol. The van der Waals surface area contributed by atoms with Gasteiger partial charge in [-0.05, 0) is 24.7 Å². The first-order valence-electron chi connectivity index (χ1n) is 7.47. The standard InChI is InChI=1S/C15H20N2OS.C2H6O/c1-11(2)14-15(19-3)17(13(10-18)16-14)9-12-7-5-4-6-8-12;1-2-3/h4-8,11,18H,9-10H2,1-3H3;3H,2H2,1H3. The molecule has 0 bridgehead atoms. The molecule has 0 radical (unpaired) electrons. The summed E-state index contributed by atoms with van der Waals surface area (Å²) in [5, 5.41) is 18.2. The van der Waals surface area contributed by atoms with Crippen molar-refractivity contribution in [3.63, 3.8) is 0 Å². The number of benzene rings is 1. The molecule has 1 aromatic carbocycles. The second kappa shape index (κ2) is 9.66. The fourth-order valence-electron chi connectivity index (χ4n) is 2.14. The second-order valence-corrected chi connectivity index (χ2v) is 5.92. The van der Waals surface area contributed by atoms with Gasteiger partial charge in [0.2, 0.25) is 0 Å². The Labute approximate surface area is 137 Å². The second-order valence-electron chi connectivity index (χ2n) is 5.12. The third kappa shape index (κ3) is 4.87. The fourth-order valence-corrected chi connectivity index (χ4v) is 3.02. The minimum Gasteiger partial charge on any atom is -0.397 e. The lowest BCUT2D eigenvalue weighted by molar-refractivity contribution is 0.265. The average molecular weight is 322 g/mol. The summed E-state index contributed by atoms with van der Waals surface area (Å²) < 4.78 is 2.12. The van der Waals surface area contributed by atoms with Crippen LogP contribution in [-0.2, 0) is 13.2 Å². The van der Waals surface area contributed by atoms with Crippen LogP contribution in [0.3, 0.4) is 0 Å². The molecule has 0 fully saturated rings. The van der Waals surface area contributed by atoms with Gasteiger partial charge in [0.15, 0.2) is 0 Å². The van der Waals surface area contributed by atoms with Gasteiger partial charge in [0.25, 0.3) is 0 Å². The molecule has 0 aliphatic rings. The largest absolute Gasteiger partial charge is 0.397 e. The number of aromatic nitrogens is 2. The molecule has 4 nitrogen and oxygen atoms in total. The number of rotatable bonds is 5. The summed E-state index contributed by atoms with van der Waals surface area (Å²) in [7, 11) is 0. The fraction of sp³-hybridized carbons (Fsp3) is 0.471. The Balaban J connectivity index is 0.000000745. The SMILES string of the molecule is CCO.CSc1c(C(C)C)nc(CO)n1Cc1ccccc1. The third-order valence-electron chi connectivity index (χ3n) is 3.09. The topological polar surface area (TPSA) is 58.3 Å². The van der Waals surface area contributed by atoms with Crippen molar-refractivity contribution in [3.05, 3.63) is 47.4 Å². The van der Waals surface area contributed by atoms with Crippen LogP contribution in [0, 0.1) is 0 Å². The number of aliphatic hydroxyl groups is 2. The van der Waals surface area contributed by atoms with Gasteiger partial charge < -0.3 is 14.8 Å². The number of nitrogens with zero attached hydrogens (tertiary/aromatic N) is 2. The molecule has 0 atom stereocenters. The van der Waals surface area contributed by atoms with E-state index in [2.05, 4.69) is 41.8 Å². The van der Waals surface area contributed by atoms with Crippen molar-refractivity contribution in [1.82, 2.24) is 9.55 Å². The maximum atomic E-state index is 9.52. The van der Waals surface area contributed by atoms with E-state index in [-0.39, 0.29) is 13.2 Å².